The van der Waals surface area contributed by atoms with Crippen LogP contribution in [0.25, 0.3) is 0 Å². The summed E-state index contributed by atoms with van der Waals surface area (Å²) in [7, 11) is 0. The van der Waals surface area contributed by atoms with Crippen molar-refractivity contribution in [2.75, 3.05) is 44.2 Å². The van der Waals surface area contributed by atoms with Crippen LogP contribution in [0.2, 0.25) is 0 Å². The monoisotopic (exact) mass is 412 g/mol. The second-order valence-electron chi connectivity index (χ2n) is 6.14. The van der Waals surface area contributed by atoms with E-state index in [1.54, 1.807) is 12.4 Å². The summed E-state index contributed by atoms with van der Waals surface area (Å²) in [5, 5.41) is 2.94. The Morgan fingerprint density at radius 3 is 2.28 bits per heavy atom. The zero-order valence-corrected chi connectivity index (χ0v) is 16.5. The first-order valence-electron chi connectivity index (χ1n) is 7.99. The van der Waals surface area contributed by atoms with E-state index in [9.17, 15) is 4.79 Å². The van der Waals surface area contributed by atoms with Gasteiger partial charge < -0.3 is 16.0 Å². The molecule has 3 rings (SSSR count). The van der Waals surface area contributed by atoms with E-state index >= 15 is 0 Å². The van der Waals surface area contributed by atoms with Gasteiger partial charge in [-0.05, 0) is 31.9 Å². The summed E-state index contributed by atoms with van der Waals surface area (Å²) >= 11 is 0. The van der Waals surface area contributed by atoms with E-state index in [-0.39, 0.29) is 43.1 Å². The summed E-state index contributed by atoms with van der Waals surface area (Å²) in [4.78, 5) is 24.9. The van der Waals surface area contributed by atoms with Crippen molar-refractivity contribution >= 4 is 49.1 Å². The Hall–Kier alpha value is -0.860. The molecule has 144 valence electrons. The molecule has 2 heterocycles. The zero-order chi connectivity index (χ0) is 15.4. The topological polar surface area (TPSA) is 87.4 Å². The van der Waals surface area contributed by atoms with Gasteiger partial charge in [-0.15, -0.1) is 37.2 Å². The molecule has 1 aliphatic heterocycles. The lowest BCUT2D eigenvalue weighted by molar-refractivity contribution is -0.123. The van der Waals surface area contributed by atoms with Crippen LogP contribution < -0.4 is 16.0 Å². The average Bonchev–Trinajstić information content (AvgIpc) is 3.32. The van der Waals surface area contributed by atoms with Crippen LogP contribution in [-0.2, 0) is 4.79 Å². The molecule has 2 fully saturated rings. The minimum atomic E-state index is -0.554. The van der Waals surface area contributed by atoms with Crippen LogP contribution in [0.15, 0.2) is 18.5 Å². The van der Waals surface area contributed by atoms with Gasteiger partial charge >= 0.3 is 0 Å². The van der Waals surface area contributed by atoms with Crippen LogP contribution in [0.1, 0.15) is 19.3 Å². The van der Waals surface area contributed by atoms with Crippen LogP contribution in [0.3, 0.4) is 0 Å². The third kappa shape index (κ3) is 6.75. The van der Waals surface area contributed by atoms with E-state index in [0.29, 0.717) is 6.54 Å². The molecule has 0 aromatic carbocycles. The fraction of sp³-hybridized carbons (Fsp3) is 0.667. The van der Waals surface area contributed by atoms with Crippen LogP contribution in [-0.4, -0.2) is 65.6 Å². The Kier molecular flexibility index (Phi) is 10.6. The first-order valence-corrected chi connectivity index (χ1v) is 7.99. The third-order valence-electron chi connectivity index (χ3n) is 4.38. The molecule has 1 saturated heterocycles. The standard InChI is InChI=1S/C15H24N6O.3ClH/c16-15(3-4-15)13(22)17-7-2-8-20-9-11-21(12-10-20)14-18-5-1-6-19-14;;;/h1,5-6H,2-4,7-12,16H2,(H,17,22);3*1H. The van der Waals surface area contributed by atoms with Crippen LogP contribution in [0, 0.1) is 0 Å². The maximum absolute atomic E-state index is 11.7. The first-order chi connectivity index (χ1) is 10.7. The van der Waals surface area contributed by atoms with Crippen molar-refractivity contribution < 1.29 is 4.79 Å². The number of nitrogens with two attached hydrogens (primary N) is 1. The lowest BCUT2D eigenvalue weighted by Crippen LogP contribution is -2.48. The molecule has 1 aliphatic carbocycles. The van der Waals surface area contributed by atoms with Crippen molar-refractivity contribution in [1.82, 2.24) is 20.2 Å². The minimum Gasteiger partial charge on any atom is -0.354 e. The predicted octanol–water partition coefficient (Wildman–Crippen LogP) is 0.862. The highest BCUT2D eigenvalue weighted by Crippen LogP contribution is 2.31. The second kappa shape index (κ2) is 11.0. The van der Waals surface area contributed by atoms with Gasteiger partial charge in [0.15, 0.2) is 0 Å². The SMILES string of the molecule is Cl.Cl.Cl.NC1(C(=O)NCCCN2CCN(c3ncccn3)CC2)CC1. The van der Waals surface area contributed by atoms with Gasteiger partial charge in [-0.1, -0.05) is 0 Å². The Balaban J connectivity index is 0.00000192. The van der Waals surface area contributed by atoms with Gasteiger partial charge in [0.2, 0.25) is 11.9 Å². The summed E-state index contributed by atoms with van der Waals surface area (Å²) < 4.78 is 0. The van der Waals surface area contributed by atoms with Gasteiger partial charge in [-0.2, -0.15) is 0 Å². The van der Waals surface area contributed by atoms with Gasteiger partial charge in [0, 0.05) is 45.1 Å². The number of rotatable bonds is 6. The van der Waals surface area contributed by atoms with Crippen molar-refractivity contribution in [1.29, 1.82) is 0 Å². The number of piperazine rings is 1. The fourth-order valence-electron chi connectivity index (χ4n) is 2.67. The Morgan fingerprint density at radius 1 is 1.12 bits per heavy atom. The molecular weight excluding hydrogens is 387 g/mol. The summed E-state index contributed by atoms with van der Waals surface area (Å²) in [6, 6.07) is 1.83. The highest BCUT2D eigenvalue weighted by molar-refractivity contribution is 5.88. The lowest BCUT2D eigenvalue weighted by atomic mass is 10.2. The molecule has 0 bridgehead atoms. The Morgan fingerprint density at radius 2 is 1.72 bits per heavy atom. The predicted molar refractivity (Wildman–Crippen MR) is 106 cm³/mol. The molecule has 1 aromatic rings. The summed E-state index contributed by atoms with van der Waals surface area (Å²) in [6.45, 7) is 5.62. The molecule has 7 nitrogen and oxygen atoms in total. The van der Waals surface area contributed by atoms with E-state index in [1.165, 1.54) is 0 Å². The molecule has 1 aromatic heterocycles. The number of amides is 1. The summed E-state index contributed by atoms with van der Waals surface area (Å²) in [5.74, 6) is 0.825. The van der Waals surface area contributed by atoms with E-state index < -0.39 is 5.54 Å². The molecule has 0 spiro atoms. The molecule has 1 saturated carbocycles. The average molecular weight is 414 g/mol. The maximum atomic E-state index is 11.7. The molecule has 25 heavy (non-hydrogen) atoms. The molecule has 0 unspecified atom stereocenters. The van der Waals surface area contributed by atoms with E-state index in [1.807, 2.05) is 6.07 Å². The Bertz CT molecular complexity index is 509. The van der Waals surface area contributed by atoms with Crippen LogP contribution >= 0.6 is 37.2 Å². The zero-order valence-electron chi connectivity index (χ0n) is 14.1. The highest BCUT2D eigenvalue weighted by atomic mass is 35.5. The number of carbonyl (C=O) groups excluding carboxylic acids is 1. The van der Waals surface area contributed by atoms with Gasteiger partial charge in [-0.3, -0.25) is 9.69 Å². The number of nitrogens with one attached hydrogen (secondary N) is 1. The number of anilines is 1. The quantitative estimate of drug-likeness (QED) is 0.673. The minimum absolute atomic E-state index is 0. The first kappa shape index (κ1) is 24.1. The van der Waals surface area contributed by atoms with Crippen LogP contribution in [0.5, 0.6) is 0 Å². The number of hydrogen-bond donors (Lipinski definition) is 2. The molecule has 10 heteroatoms. The van der Waals surface area contributed by atoms with Crippen molar-refractivity contribution in [3.8, 4) is 0 Å². The summed E-state index contributed by atoms with van der Waals surface area (Å²) in [5.41, 5.74) is 5.29. The molecule has 3 N–H and O–H groups in total. The van der Waals surface area contributed by atoms with Crippen molar-refractivity contribution in [2.24, 2.45) is 5.73 Å². The van der Waals surface area contributed by atoms with Crippen molar-refractivity contribution in [3.63, 3.8) is 0 Å². The fourth-order valence-corrected chi connectivity index (χ4v) is 2.67. The third-order valence-corrected chi connectivity index (χ3v) is 4.38. The second-order valence-corrected chi connectivity index (χ2v) is 6.14. The summed E-state index contributed by atoms with van der Waals surface area (Å²) in [6.07, 6.45) is 6.16. The van der Waals surface area contributed by atoms with Gasteiger partial charge in [0.25, 0.3) is 0 Å². The number of nitrogens with zero attached hydrogens (tertiary/aromatic N) is 4. The number of carbonyl (C=O) groups is 1. The Labute approximate surface area is 167 Å². The smallest absolute Gasteiger partial charge is 0.240 e. The van der Waals surface area contributed by atoms with E-state index in [0.717, 1.165) is 57.9 Å². The van der Waals surface area contributed by atoms with Crippen molar-refractivity contribution in [3.05, 3.63) is 18.5 Å². The molecule has 0 atom stereocenters. The maximum Gasteiger partial charge on any atom is 0.240 e. The molecular formula is C15H27Cl3N6O. The number of hydrogen-bond acceptors (Lipinski definition) is 6. The molecule has 0 radical (unpaired) electrons. The molecule has 2 aliphatic rings. The normalized spacial score (nSPS) is 18.2. The van der Waals surface area contributed by atoms with Gasteiger partial charge in [-0.25, -0.2) is 9.97 Å². The van der Waals surface area contributed by atoms with Crippen LogP contribution in [0.4, 0.5) is 5.95 Å². The largest absolute Gasteiger partial charge is 0.354 e. The van der Waals surface area contributed by atoms with E-state index in [2.05, 4.69) is 25.1 Å². The number of halogens is 3. The highest BCUT2D eigenvalue weighted by Gasteiger charge is 2.45. The van der Waals surface area contributed by atoms with Gasteiger partial charge in [0.05, 0.1) is 5.54 Å². The van der Waals surface area contributed by atoms with Crippen molar-refractivity contribution in [2.45, 2.75) is 24.8 Å². The molecule has 1 amide bonds. The van der Waals surface area contributed by atoms with Gasteiger partial charge in [0.1, 0.15) is 0 Å². The van der Waals surface area contributed by atoms with E-state index in [4.69, 9.17) is 5.73 Å². The number of aromatic nitrogens is 2. The lowest BCUT2D eigenvalue weighted by Gasteiger charge is -2.34.